The summed E-state index contributed by atoms with van der Waals surface area (Å²) in [7, 11) is 0. The van der Waals surface area contributed by atoms with Crippen LogP contribution in [0.25, 0.3) is 0 Å². The Hall–Kier alpha value is -1.80. The molecule has 0 fully saturated rings. The molecule has 2 N–H and O–H groups in total. The highest BCUT2D eigenvalue weighted by Gasteiger charge is 2.47. The molecule has 1 atom stereocenters. The van der Waals surface area contributed by atoms with Gasteiger partial charge >= 0.3 is 0 Å². The van der Waals surface area contributed by atoms with Crippen molar-refractivity contribution in [2.24, 2.45) is 0 Å². The van der Waals surface area contributed by atoms with E-state index in [1.807, 2.05) is 6.07 Å². The number of fused-ring (bicyclic) bond motifs is 1. The lowest BCUT2D eigenvalue weighted by molar-refractivity contribution is -0.133. The molecule has 1 aliphatic heterocycles. The van der Waals surface area contributed by atoms with Gasteiger partial charge in [-0.25, -0.2) is 0 Å². The molecule has 1 aliphatic rings. The third-order valence-corrected chi connectivity index (χ3v) is 4.09. The number of ketones is 1. The number of Topliss-reactive ketones (excluding diaryl/α,β-unsaturated/α-hetero) is 1. The normalized spacial score (nSPS) is 20.0. The molecule has 3 rings (SSSR count). The number of halogens is 1. The van der Waals surface area contributed by atoms with E-state index in [0.29, 0.717) is 11.3 Å². The Bertz CT molecular complexity index is 733. The van der Waals surface area contributed by atoms with E-state index in [1.165, 1.54) is 6.20 Å². The minimum atomic E-state index is -1.84. The molecule has 0 saturated carbocycles. The van der Waals surface area contributed by atoms with E-state index in [-0.39, 0.29) is 17.9 Å². The highest BCUT2D eigenvalue weighted by molar-refractivity contribution is 14.1. The predicted molar refractivity (Wildman–Crippen MR) is 84.9 cm³/mol. The first-order valence-corrected chi connectivity index (χ1v) is 7.37. The number of carbonyl (C=O) groups excluding carboxylic acids is 2. The maximum absolute atomic E-state index is 12.2. The topological polar surface area (TPSA) is 79.3 Å². The van der Waals surface area contributed by atoms with Crippen molar-refractivity contribution >= 4 is 40.0 Å². The summed E-state index contributed by atoms with van der Waals surface area (Å²) in [6.07, 6.45) is 1.17. The number of benzene rings is 1. The van der Waals surface area contributed by atoms with Gasteiger partial charge in [-0.2, -0.15) is 0 Å². The quantitative estimate of drug-likeness (QED) is 0.618. The van der Waals surface area contributed by atoms with Crippen LogP contribution in [-0.4, -0.2) is 21.8 Å². The molecule has 0 radical (unpaired) electrons. The Morgan fingerprint density at radius 1 is 1.33 bits per heavy atom. The second kappa shape index (κ2) is 5.19. The van der Waals surface area contributed by atoms with E-state index in [0.717, 1.165) is 3.57 Å². The zero-order valence-electron chi connectivity index (χ0n) is 10.8. The van der Waals surface area contributed by atoms with Crippen molar-refractivity contribution in [3.8, 4) is 0 Å². The summed E-state index contributed by atoms with van der Waals surface area (Å²) in [6, 6.07) is 10.2. The molecule has 5 nitrogen and oxygen atoms in total. The number of aromatic nitrogens is 1. The van der Waals surface area contributed by atoms with E-state index in [2.05, 4.69) is 32.9 Å². The van der Waals surface area contributed by atoms with Crippen LogP contribution in [0, 0.1) is 3.57 Å². The predicted octanol–water partition coefficient (Wildman–Crippen LogP) is 2.10. The summed E-state index contributed by atoms with van der Waals surface area (Å²) in [6.45, 7) is 0. The molecular weight excluding hydrogens is 383 g/mol. The molecule has 1 aromatic heterocycles. The van der Waals surface area contributed by atoms with Gasteiger partial charge in [0.15, 0.2) is 11.4 Å². The van der Waals surface area contributed by atoms with Gasteiger partial charge in [-0.05, 0) is 52.9 Å². The number of anilines is 1. The fraction of sp³-hybridized carbons (Fsp3) is 0.133. The molecule has 1 aromatic carbocycles. The summed E-state index contributed by atoms with van der Waals surface area (Å²) in [5.41, 5.74) is -0.635. The van der Waals surface area contributed by atoms with Gasteiger partial charge in [-0.1, -0.05) is 6.07 Å². The smallest absolute Gasteiger partial charge is 0.261 e. The standard InChI is InChI=1S/C15H11IN2O3/c16-9-4-5-11-10(7-9)15(21,14(20)18-11)8-13(19)12-3-1-2-6-17-12/h1-7,21H,8H2,(H,18,20). The summed E-state index contributed by atoms with van der Waals surface area (Å²) in [4.78, 5) is 28.3. The maximum atomic E-state index is 12.2. The minimum absolute atomic E-state index is 0.234. The number of amides is 1. The van der Waals surface area contributed by atoms with Crippen LogP contribution in [0.2, 0.25) is 0 Å². The molecule has 0 bridgehead atoms. The van der Waals surface area contributed by atoms with Crippen LogP contribution in [0.1, 0.15) is 22.5 Å². The first-order valence-electron chi connectivity index (χ1n) is 6.29. The molecule has 1 amide bonds. The SMILES string of the molecule is O=C(CC1(O)C(=O)Nc2ccc(I)cc21)c1ccccn1. The highest BCUT2D eigenvalue weighted by atomic mass is 127. The molecule has 2 aromatic rings. The maximum Gasteiger partial charge on any atom is 0.261 e. The van der Waals surface area contributed by atoms with Crippen molar-refractivity contribution in [2.75, 3.05) is 5.32 Å². The van der Waals surface area contributed by atoms with Crippen molar-refractivity contribution in [1.29, 1.82) is 0 Å². The van der Waals surface area contributed by atoms with Gasteiger partial charge in [0.05, 0.1) is 6.42 Å². The monoisotopic (exact) mass is 394 g/mol. The van der Waals surface area contributed by atoms with Crippen LogP contribution in [-0.2, 0) is 10.4 Å². The van der Waals surface area contributed by atoms with E-state index < -0.39 is 11.5 Å². The van der Waals surface area contributed by atoms with E-state index in [4.69, 9.17) is 0 Å². The summed E-state index contributed by atoms with van der Waals surface area (Å²) in [5, 5.41) is 13.3. The first kappa shape index (κ1) is 14.2. The second-order valence-electron chi connectivity index (χ2n) is 4.82. The Morgan fingerprint density at radius 3 is 2.86 bits per heavy atom. The van der Waals surface area contributed by atoms with Crippen molar-refractivity contribution in [3.05, 3.63) is 57.4 Å². The minimum Gasteiger partial charge on any atom is -0.375 e. The summed E-state index contributed by atoms with van der Waals surface area (Å²) < 4.78 is 0.881. The van der Waals surface area contributed by atoms with E-state index >= 15 is 0 Å². The number of aliphatic hydroxyl groups is 1. The second-order valence-corrected chi connectivity index (χ2v) is 6.06. The fourth-order valence-electron chi connectivity index (χ4n) is 2.34. The van der Waals surface area contributed by atoms with Crippen LogP contribution < -0.4 is 5.32 Å². The number of hydrogen-bond donors (Lipinski definition) is 2. The molecule has 2 heterocycles. The lowest BCUT2D eigenvalue weighted by atomic mass is 9.89. The largest absolute Gasteiger partial charge is 0.375 e. The van der Waals surface area contributed by atoms with Crippen LogP contribution in [0.5, 0.6) is 0 Å². The van der Waals surface area contributed by atoms with Gasteiger partial charge in [0, 0.05) is 21.0 Å². The molecule has 6 heteroatoms. The molecular formula is C15H11IN2O3. The number of hydrogen-bond acceptors (Lipinski definition) is 4. The molecule has 0 saturated heterocycles. The average Bonchev–Trinajstić information content (AvgIpc) is 2.72. The molecule has 106 valence electrons. The number of carbonyl (C=O) groups is 2. The van der Waals surface area contributed by atoms with Gasteiger partial charge in [0.2, 0.25) is 0 Å². The van der Waals surface area contributed by atoms with Gasteiger partial charge < -0.3 is 10.4 Å². The molecule has 0 aliphatic carbocycles. The Balaban J connectivity index is 1.97. The Labute approximate surface area is 134 Å². The third kappa shape index (κ3) is 2.44. The van der Waals surface area contributed by atoms with Crippen LogP contribution in [0.4, 0.5) is 5.69 Å². The molecule has 0 spiro atoms. The summed E-state index contributed by atoms with van der Waals surface area (Å²) in [5.74, 6) is -0.955. The molecule has 1 unspecified atom stereocenters. The lowest BCUT2D eigenvalue weighted by Crippen LogP contribution is -2.36. The number of nitrogens with one attached hydrogen (secondary N) is 1. The molecule has 21 heavy (non-hydrogen) atoms. The third-order valence-electron chi connectivity index (χ3n) is 3.42. The number of pyridine rings is 1. The van der Waals surface area contributed by atoms with Crippen LogP contribution >= 0.6 is 22.6 Å². The fourth-order valence-corrected chi connectivity index (χ4v) is 2.83. The zero-order chi connectivity index (χ0) is 15.0. The van der Waals surface area contributed by atoms with E-state index in [1.54, 1.807) is 30.3 Å². The first-order chi connectivity index (χ1) is 10.0. The highest BCUT2D eigenvalue weighted by Crippen LogP contribution is 2.39. The Kier molecular flexibility index (Phi) is 3.50. The Morgan fingerprint density at radius 2 is 2.14 bits per heavy atom. The number of nitrogens with zero attached hydrogens (tertiary/aromatic N) is 1. The van der Waals surface area contributed by atoms with Crippen molar-refractivity contribution in [1.82, 2.24) is 4.98 Å². The van der Waals surface area contributed by atoms with Gasteiger partial charge in [0.25, 0.3) is 5.91 Å². The van der Waals surface area contributed by atoms with Crippen molar-refractivity contribution in [2.45, 2.75) is 12.0 Å². The van der Waals surface area contributed by atoms with Crippen molar-refractivity contribution in [3.63, 3.8) is 0 Å². The zero-order valence-corrected chi connectivity index (χ0v) is 13.0. The van der Waals surface area contributed by atoms with Gasteiger partial charge in [-0.15, -0.1) is 0 Å². The van der Waals surface area contributed by atoms with Gasteiger partial charge in [-0.3, -0.25) is 14.6 Å². The summed E-state index contributed by atoms with van der Waals surface area (Å²) >= 11 is 2.09. The number of rotatable bonds is 3. The van der Waals surface area contributed by atoms with Crippen molar-refractivity contribution < 1.29 is 14.7 Å². The van der Waals surface area contributed by atoms with E-state index in [9.17, 15) is 14.7 Å². The lowest BCUT2D eigenvalue weighted by Gasteiger charge is -2.19. The van der Waals surface area contributed by atoms with Crippen LogP contribution in [0.15, 0.2) is 42.6 Å². The van der Waals surface area contributed by atoms with Crippen LogP contribution in [0.3, 0.4) is 0 Å². The van der Waals surface area contributed by atoms with Gasteiger partial charge in [0.1, 0.15) is 5.69 Å². The average molecular weight is 394 g/mol.